The van der Waals surface area contributed by atoms with Crippen molar-refractivity contribution >= 4 is 27.5 Å². The van der Waals surface area contributed by atoms with Gasteiger partial charge in [-0.1, -0.05) is 12.0 Å². The molecule has 1 spiro atoms. The van der Waals surface area contributed by atoms with Crippen molar-refractivity contribution in [1.82, 2.24) is 25.2 Å². The Morgan fingerprint density at radius 2 is 1.86 bits per heavy atom. The summed E-state index contributed by atoms with van der Waals surface area (Å²) in [6, 6.07) is 7.68. The number of benzene rings is 2. The van der Waals surface area contributed by atoms with Crippen molar-refractivity contribution < 1.29 is 23.4 Å². The second kappa shape index (κ2) is 10.4. The number of nitrogens with zero attached hydrogens (tertiary/aromatic N) is 5. The largest absolute Gasteiger partial charge is 0.508 e. The van der Waals surface area contributed by atoms with Gasteiger partial charge in [0, 0.05) is 60.2 Å². The van der Waals surface area contributed by atoms with Crippen molar-refractivity contribution in [3.63, 3.8) is 0 Å². The van der Waals surface area contributed by atoms with Crippen molar-refractivity contribution in [3.8, 4) is 41.2 Å². The Morgan fingerprint density at radius 1 is 1.04 bits per heavy atom. The molecule has 5 heterocycles. The van der Waals surface area contributed by atoms with Crippen molar-refractivity contribution in [2.45, 2.75) is 75.5 Å². The first kappa shape index (κ1) is 29.6. The number of terminal acetylenes is 1. The Morgan fingerprint density at radius 3 is 2.57 bits per heavy atom. The maximum Gasteiger partial charge on any atom is 0.319 e. The van der Waals surface area contributed by atoms with Gasteiger partial charge in [-0.15, -0.1) is 6.42 Å². The lowest BCUT2D eigenvalue weighted by atomic mass is 9.95. The molecule has 4 aromatic rings. The molecule has 3 aliphatic carbocycles. The number of methoxy groups -OCH3 is 1. The number of phenolic OH excluding ortho intramolecular Hbond substituents is 1. The van der Waals surface area contributed by atoms with Crippen LogP contribution in [0.15, 0.2) is 24.3 Å². The van der Waals surface area contributed by atoms with Gasteiger partial charge in [0.25, 0.3) is 0 Å². The Kier molecular flexibility index (Phi) is 6.27. The summed E-state index contributed by atoms with van der Waals surface area (Å²) in [5.74, 6) is 1.52. The van der Waals surface area contributed by atoms with Crippen LogP contribution in [0.25, 0.3) is 32.9 Å². The topological polar surface area (TPSA) is 95.9 Å². The summed E-state index contributed by atoms with van der Waals surface area (Å²) in [6.07, 6.45) is 15.4. The Bertz CT molecular complexity index is 2100. The monoisotopic (exact) mass is 664 g/mol. The molecule has 3 saturated heterocycles. The average molecular weight is 665 g/mol. The van der Waals surface area contributed by atoms with Crippen molar-refractivity contribution in [1.29, 1.82) is 0 Å². The summed E-state index contributed by atoms with van der Waals surface area (Å²) in [5.41, 5.74) is 0.564. The number of piperazine rings is 1. The Balaban J connectivity index is 1.09. The summed E-state index contributed by atoms with van der Waals surface area (Å²) < 4.78 is 44.4. The minimum absolute atomic E-state index is 0.00972. The van der Waals surface area contributed by atoms with Gasteiger partial charge in [-0.2, -0.15) is 9.97 Å². The van der Waals surface area contributed by atoms with Gasteiger partial charge >= 0.3 is 6.01 Å². The molecule has 252 valence electrons. The molecule has 10 rings (SSSR count). The first-order valence-corrected chi connectivity index (χ1v) is 17.5. The number of aromatic nitrogens is 3. The van der Waals surface area contributed by atoms with E-state index in [-0.39, 0.29) is 50.8 Å². The van der Waals surface area contributed by atoms with Gasteiger partial charge in [-0.05, 0) is 80.4 Å². The van der Waals surface area contributed by atoms with E-state index in [1.165, 1.54) is 57.1 Å². The number of hydrogen-bond acceptors (Lipinski definition) is 9. The lowest BCUT2D eigenvalue weighted by molar-refractivity contribution is 0.121. The van der Waals surface area contributed by atoms with Gasteiger partial charge in [-0.25, -0.2) is 13.8 Å². The molecule has 3 aliphatic heterocycles. The molecule has 9 nitrogen and oxygen atoms in total. The number of nitrogens with one attached hydrogen (secondary N) is 1. The number of piperidine rings is 2. The molecule has 3 saturated carbocycles. The second-order valence-corrected chi connectivity index (χ2v) is 15.5. The number of phenols is 1. The number of likely N-dealkylation sites (tertiary alicyclic amines) is 1. The van der Waals surface area contributed by atoms with E-state index < -0.39 is 11.6 Å². The van der Waals surface area contributed by atoms with Gasteiger partial charge < -0.3 is 24.8 Å². The second-order valence-electron chi connectivity index (χ2n) is 15.5. The molecule has 6 fully saturated rings. The van der Waals surface area contributed by atoms with E-state index in [0.29, 0.717) is 59.8 Å². The molecular formula is C38H38F2N6O3. The minimum Gasteiger partial charge on any atom is -0.508 e. The molecule has 11 heteroatoms. The third kappa shape index (κ3) is 4.52. The van der Waals surface area contributed by atoms with Gasteiger partial charge in [-0.3, -0.25) is 4.90 Å². The van der Waals surface area contributed by atoms with Crippen LogP contribution in [0.4, 0.5) is 14.6 Å². The lowest BCUT2D eigenvalue weighted by Crippen LogP contribution is -2.51. The third-order valence-electron chi connectivity index (χ3n) is 12.5. The molecule has 2 aromatic carbocycles. The number of pyridine rings is 1. The summed E-state index contributed by atoms with van der Waals surface area (Å²) in [5, 5.41) is 15.4. The zero-order valence-electron chi connectivity index (χ0n) is 27.4. The predicted octanol–water partition coefficient (Wildman–Crippen LogP) is 5.55. The molecular weight excluding hydrogens is 626 g/mol. The smallest absolute Gasteiger partial charge is 0.319 e. The molecule has 5 atom stereocenters. The first-order chi connectivity index (χ1) is 23.8. The van der Waals surface area contributed by atoms with Crippen LogP contribution in [0.3, 0.4) is 0 Å². The number of anilines is 1. The number of rotatable bonds is 8. The van der Waals surface area contributed by atoms with Gasteiger partial charge in [0.15, 0.2) is 5.82 Å². The summed E-state index contributed by atoms with van der Waals surface area (Å²) in [7, 11) is 1.47. The van der Waals surface area contributed by atoms with Gasteiger partial charge in [0.2, 0.25) is 5.88 Å². The van der Waals surface area contributed by atoms with Gasteiger partial charge in [0.1, 0.15) is 34.0 Å². The van der Waals surface area contributed by atoms with E-state index >= 15 is 4.39 Å². The molecule has 0 amide bonds. The van der Waals surface area contributed by atoms with Crippen LogP contribution in [0, 0.1) is 34.8 Å². The highest BCUT2D eigenvalue weighted by molar-refractivity contribution is 6.04. The third-order valence-corrected chi connectivity index (χ3v) is 12.5. The standard InChI is InChI=1S/C38H38F2N6O3/c1-3-25-27(39)7-4-20-12-24(47)13-26(29(20)25)32-31(40)33-30(35(42-32)48-2)34(45-16-21-5-6-22(17-45)41-21)44-36(43-33)49-19-37(10-11-37)18-46-23-8-9-38(14-23)15-28(38)46/h1,4,7,12-13,21-23,28,41,47H,5-6,8-11,14-19H2,2H3. The summed E-state index contributed by atoms with van der Waals surface area (Å²) in [6.45, 7) is 2.88. The molecule has 2 aromatic heterocycles. The summed E-state index contributed by atoms with van der Waals surface area (Å²) in [4.78, 5) is 19.2. The van der Waals surface area contributed by atoms with Gasteiger partial charge in [0.05, 0.1) is 19.3 Å². The van der Waals surface area contributed by atoms with Crippen molar-refractivity contribution in [3.05, 3.63) is 41.5 Å². The molecule has 2 N–H and O–H groups in total. The minimum atomic E-state index is -0.755. The van der Waals surface area contributed by atoms with Crippen LogP contribution in [-0.2, 0) is 0 Å². The molecule has 49 heavy (non-hydrogen) atoms. The normalized spacial score (nSPS) is 29.0. The van der Waals surface area contributed by atoms with E-state index in [4.69, 9.17) is 25.9 Å². The first-order valence-electron chi connectivity index (χ1n) is 17.5. The van der Waals surface area contributed by atoms with Crippen LogP contribution < -0.4 is 19.7 Å². The maximum absolute atomic E-state index is 17.1. The van der Waals surface area contributed by atoms with E-state index in [1.54, 1.807) is 0 Å². The van der Waals surface area contributed by atoms with E-state index in [9.17, 15) is 9.50 Å². The zero-order chi connectivity index (χ0) is 33.2. The highest BCUT2D eigenvalue weighted by atomic mass is 19.1. The van der Waals surface area contributed by atoms with Crippen LogP contribution in [0.2, 0.25) is 0 Å². The molecule has 6 aliphatic rings. The van der Waals surface area contributed by atoms with Crippen molar-refractivity contribution in [2.75, 3.05) is 38.3 Å². The molecule has 0 radical (unpaired) electrons. The molecule has 4 bridgehead atoms. The van der Waals surface area contributed by atoms with Crippen LogP contribution in [0.1, 0.15) is 56.9 Å². The number of fused-ring (bicyclic) bond motifs is 5. The zero-order valence-corrected chi connectivity index (χ0v) is 27.4. The Hall–Kier alpha value is -4.27. The quantitative estimate of drug-likeness (QED) is 0.235. The fourth-order valence-corrected chi connectivity index (χ4v) is 9.76. The van der Waals surface area contributed by atoms with Crippen molar-refractivity contribution in [2.24, 2.45) is 10.8 Å². The average Bonchev–Trinajstić information content (AvgIpc) is 3.92. The maximum atomic E-state index is 17.1. The van der Waals surface area contributed by atoms with Crippen LogP contribution in [-0.4, -0.2) is 82.5 Å². The van der Waals surface area contributed by atoms with Crippen LogP contribution >= 0.6 is 0 Å². The number of hydrogen-bond donors (Lipinski definition) is 2. The fourth-order valence-electron chi connectivity index (χ4n) is 9.76. The SMILES string of the molecule is C#Cc1c(F)ccc2cc(O)cc(-c3nc(OC)c4c(N5CC6CCC(C5)N6)nc(OCC5(CN6C7CCC8(C7)CC68)CC5)nc4c3F)c12. The molecule has 5 unspecified atom stereocenters. The van der Waals surface area contributed by atoms with E-state index in [1.807, 2.05) is 0 Å². The number of halogens is 2. The highest BCUT2D eigenvalue weighted by Gasteiger charge is 2.68. The van der Waals surface area contributed by atoms with E-state index in [0.717, 1.165) is 38.3 Å². The lowest BCUT2D eigenvalue weighted by Gasteiger charge is -2.34. The number of aromatic hydroxyl groups is 1. The van der Waals surface area contributed by atoms with Crippen LogP contribution in [0.5, 0.6) is 17.6 Å². The fraction of sp³-hybridized carbons (Fsp3) is 0.500. The predicted molar refractivity (Wildman–Crippen MR) is 181 cm³/mol. The highest BCUT2D eigenvalue weighted by Crippen LogP contribution is 2.68. The summed E-state index contributed by atoms with van der Waals surface area (Å²) >= 11 is 0. The number of ether oxygens (including phenoxy) is 2. The Labute approximate surface area is 283 Å². The van der Waals surface area contributed by atoms with E-state index in [2.05, 4.69) is 26.0 Å².